The topological polar surface area (TPSA) is 66.9 Å². The molecule has 0 spiro atoms. The Morgan fingerprint density at radius 2 is 1.74 bits per heavy atom. The smallest absolute Gasteiger partial charge is 0.270 e. The third-order valence-corrected chi connectivity index (χ3v) is 5.38. The van der Waals surface area contributed by atoms with Gasteiger partial charge < -0.3 is 10.6 Å². The highest BCUT2D eigenvalue weighted by atomic mass is 35.5. The zero-order chi connectivity index (χ0) is 19.8. The molecule has 1 aromatic heterocycles. The maximum atomic E-state index is 12.8. The van der Waals surface area contributed by atoms with Crippen LogP contribution in [0.4, 0.5) is 0 Å². The number of piperidine rings is 1. The summed E-state index contributed by atoms with van der Waals surface area (Å²) < 4.78 is 0. The molecule has 3 rings (SSSR count). The molecule has 2 heterocycles. The number of benzene rings is 1. The van der Waals surface area contributed by atoms with Crippen LogP contribution >= 0.6 is 23.2 Å². The second-order valence-electron chi connectivity index (χ2n) is 8.39. The minimum Gasteiger partial charge on any atom is -0.348 e. The van der Waals surface area contributed by atoms with E-state index in [0.717, 1.165) is 18.4 Å². The van der Waals surface area contributed by atoms with Gasteiger partial charge >= 0.3 is 0 Å². The molecule has 1 aromatic carbocycles. The summed E-state index contributed by atoms with van der Waals surface area (Å²) in [4.78, 5) is 21.2. The summed E-state index contributed by atoms with van der Waals surface area (Å²) in [5, 5.41) is 7.66. The number of carbonyl (C=O) groups excluding carboxylic acids is 1. The molecule has 0 atom stereocenters. The Bertz CT molecular complexity index is 851. The molecule has 0 unspecified atom stereocenters. The highest BCUT2D eigenvalue weighted by Gasteiger charge is 2.38. The van der Waals surface area contributed by atoms with Crippen molar-refractivity contribution >= 4 is 29.1 Å². The van der Waals surface area contributed by atoms with Gasteiger partial charge in [-0.05, 0) is 58.7 Å². The summed E-state index contributed by atoms with van der Waals surface area (Å²) in [7, 11) is 0. The van der Waals surface area contributed by atoms with E-state index in [1.807, 2.05) is 6.07 Å². The molecule has 5 nitrogen and oxygen atoms in total. The lowest BCUT2D eigenvalue weighted by atomic mass is 9.79. The molecule has 2 aromatic rings. The molecule has 1 saturated heterocycles. The zero-order valence-corrected chi connectivity index (χ0v) is 17.4. The van der Waals surface area contributed by atoms with Crippen molar-refractivity contribution in [2.24, 2.45) is 0 Å². The molecule has 0 saturated carbocycles. The molecule has 0 aliphatic carbocycles. The van der Waals surface area contributed by atoms with Gasteiger partial charge in [-0.2, -0.15) is 0 Å². The molecule has 0 radical (unpaired) electrons. The zero-order valence-electron chi connectivity index (χ0n) is 15.9. The summed E-state index contributed by atoms with van der Waals surface area (Å²) in [6, 6.07) is 7.00. The fourth-order valence-corrected chi connectivity index (χ4v) is 4.28. The second-order valence-corrected chi connectivity index (χ2v) is 9.20. The van der Waals surface area contributed by atoms with Crippen LogP contribution in [-0.4, -0.2) is 33.0 Å². The Morgan fingerprint density at radius 1 is 1.07 bits per heavy atom. The lowest BCUT2D eigenvalue weighted by Gasteiger charge is -2.46. The van der Waals surface area contributed by atoms with Gasteiger partial charge in [-0.3, -0.25) is 4.79 Å². The average molecular weight is 407 g/mol. The first-order valence-electron chi connectivity index (χ1n) is 8.92. The third kappa shape index (κ3) is 4.98. The maximum absolute atomic E-state index is 12.8. The van der Waals surface area contributed by atoms with Crippen molar-refractivity contribution in [3.63, 3.8) is 0 Å². The summed E-state index contributed by atoms with van der Waals surface area (Å²) >= 11 is 12.1. The van der Waals surface area contributed by atoms with Gasteiger partial charge in [-0.15, -0.1) is 0 Å². The van der Waals surface area contributed by atoms with Crippen molar-refractivity contribution in [2.75, 3.05) is 0 Å². The summed E-state index contributed by atoms with van der Waals surface area (Å²) in [5.41, 5.74) is 1.65. The third-order valence-electron chi connectivity index (χ3n) is 4.64. The minimum absolute atomic E-state index is 0.0451. The van der Waals surface area contributed by atoms with Crippen molar-refractivity contribution in [3.8, 4) is 11.3 Å². The van der Waals surface area contributed by atoms with Gasteiger partial charge in [0.25, 0.3) is 5.91 Å². The largest absolute Gasteiger partial charge is 0.348 e. The number of aromatic nitrogens is 2. The van der Waals surface area contributed by atoms with Crippen molar-refractivity contribution in [2.45, 2.75) is 57.7 Å². The number of carbonyl (C=O) groups is 1. The quantitative estimate of drug-likeness (QED) is 0.787. The van der Waals surface area contributed by atoms with Crippen LogP contribution in [0.3, 0.4) is 0 Å². The second kappa shape index (κ2) is 7.38. The molecule has 1 aliphatic heterocycles. The van der Waals surface area contributed by atoms with Crippen LogP contribution in [0.2, 0.25) is 10.0 Å². The molecule has 1 fully saturated rings. The van der Waals surface area contributed by atoms with Crippen LogP contribution in [0, 0.1) is 0 Å². The lowest BCUT2D eigenvalue weighted by Crippen LogP contribution is -2.62. The van der Waals surface area contributed by atoms with Gasteiger partial charge in [0, 0.05) is 22.7 Å². The number of hydrogen-bond donors (Lipinski definition) is 2. The van der Waals surface area contributed by atoms with Crippen molar-refractivity contribution in [1.82, 2.24) is 20.6 Å². The molecule has 0 bridgehead atoms. The standard InChI is InChI=1S/C20H24Cl2N4O/c1-19(2)9-13(10-20(3,4)26-19)25-18(27)17-8-16(23-11-24-17)12-5-6-14(21)15(22)7-12/h5-8,11,13,26H,9-10H2,1-4H3,(H,25,27). The van der Waals surface area contributed by atoms with Crippen LogP contribution < -0.4 is 10.6 Å². The van der Waals surface area contributed by atoms with Gasteiger partial charge in [0.15, 0.2) is 0 Å². The van der Waals surface area contributed by atoms with Gasteiger partial charge in [0.1, 0.15) is 12.0 Å². The van der Waals surface area contributed by atoms with Crippen LogP contribution in [0.15, 0.2) is 30.6 Å². The van der Waals surface area contributed by atoms with Crippen molar-refractivity contribution in [3.05, 3.63) is 46.3 Å². The van der Waals surface area contributed by atoms with E-state index in [-0.39, 0.29) is 23.0 Å². The number of halogens is 2. The monoisotopic (exact) mass is 406 g/mol. The minimum atomic E-state index is -0.197. The highest BCUT2D eigenvalue weighted by Crippen LogP contribution is 2.29. The SMILES string of the molecule is CC1(C)CC(NC(=O)c2cc(-c3ccc(Cl)c(Cl)c3)ncn2)CC(C)(C)N1. The fourth-order valence-electron chi connectivity index (χ4n) is 3.98. The maximum Gasteiger partial charge on any atom is 0.270 e. The summed E-state index contributed by atoms with van der Waals surface area (Å²) in [6.45, 7) is 8.61. The van der Waals surface area contributed by atoms with Gasteiger partial charge in [0.05, 0.1) is 15.7 Å². The van der Waals surface area contributed by atoms with E-state index in [4.69, 9.17) is 23.2 Å². The van der Waals surface area contributed by atoms with E-state index in [1.165, 1.54) is 6.33 Å². The first kappa shape index (κ1) is 20.1. The summed E-state index contributed by atoms with van der Waals surface area (Å²) in [6.07, 6.45) is 3.10. The number of amides is 1. The average Bonchev–Trinajstić information content (AvgIpc) is 2.54. The first-order chi connectivity index (χ1) is 12.5. The predicted octanol–water partition coefficient (Wildman–Crippen LogP) is 4.49. The molecule has 144 valence electrons. The normalized spacial score (nSPS) is 18.9. The fraction of sp³-hybridized carbons (Fsp3) is 0.450. The molecule has 27 heavy (non-hydrogen) atoms. The lowest BCUT2D eigenvalue weighted by molar-refractivity contribution is 0.0868. The van der Waals surface area contributed by atoms with E-state index >= 15 is 0 Å². The van der Waals surface area contributed by atoms with Crippen LogP contribution in [0.5, 0.6) is 0 Å². The molecule has 7 heteroatoms. The Balaban J connectivity index is 1.78. The van der Waals surface area contributed by atoms with Crippen LogP contribution in [-0.2, 0) is 0 Å². The van der Waals surface area contributed by atoms with Crippen LogP contribution in [0.25, 0.3) is 11.3 Å². The Kier molecular flexibility index (Phi) is 5.48. The van der Waals surface area contributed by atoms with Gasteiger partial charge in [-0.1, -0.05) is 29.3 Å². The van der Waals surface area contributed by atoms with Gasteiger partial charge in [-0.25, -0.2) is 9.97 Å². The molecule has 2 N–H and O–H groups in total. The van der Waals surface area contributed by atoms with Crippen LogP contribution in [0.1, 0.15) is 51.0 Å². The number of hydrogen-bond acceptors (Lipinski definition) is 4. The Labute approximate surface area is 169 Å². The van der Waals surface area contributed by atoms with Gasteiger partial charge in [0.2, 0.25) is 0 Å². The summed E-state index contributed by atoms with van der Waals surface area (Å²) in [5.74, 6) is -0.197. The predicted molar refractivity (Wildman–Crippen MR) is 109 cm³/mol. The number of rotatable bonds is 3. The van der Waals surface area contributed by atoms with E-state index in [9.17, 15) is 4.79 Å². The number of nitrogens with one attached hydrogen (secondary N) is 2. The van der Waals surface area contributed by atoms with E-state index in [0.29, 0.717) is 21.4 Å². The Morgan fingerprint density at radius 3 is 2.37 bits per heavy atom. The highest BCUT2D eigenvalue weighted by molar-refractivity contribution is 6.42. The van der Waals surface area contributed by atoms with E-state index in [2.05, 4.69) is 48.3 Å². The first-order valence-corrected chi connectivity index (χ1v) is 9.68. The molecular formula is C20H24Cl2N4O. The Hall–Kier alpha value is -1.69. The number of nitrogens with zero attached hydrogens (tertiary/aromatic N) is 2. The van der Waals surface area contributed by atoms with Crippen molar-refractivity contribution < 1.29 is 4.79 Å². The molecular weight excluding hydrogens is 383 g/mol. The van der Waals surface area contributed by atoms with E-state index < -0.39 is 0 Å². The van der Waals surface area contributed by atoms with Crippen molar-refractivity contribution in [1.29, 1.82) is 0 Å². The molecule has 1 amide bonds. The molecule has 1 aliphatic rings. The van der Waals surface area contributed by atoms with E-state index in [1.54, 1.807) is 18.2 Å².